The number of para-hydroxylation sites is 1. The van der Waals surface area contributed by atoms with Crippen LogP contribution in [0.15, 0.2) is 45.8 Å². The van der Waals surface area contributed by atoms with Gasteiger partial charge in [-0.15, -0.1) is 0 Å². The Morgan fingerprint density at radius 3 is 2.86 bits per heavy atom. The largest absolute Gasteiger partial charge is 0.493 e. The van der Waals surface area contributed by atoms with Gasteiger partial charge in [-0.2, -0.15) is 0 Å². The van der Waals surface area contributed by atoms with E-state index in [1.54, 1.807) is 36.4 Å². The van der Waals surface area contributed by atoms with Crippen molar-refractivity contribution in [3.8, 4) is 11.5 Å². The molecule has 1 aliphatic rings. The van der Waals surface area contributed by atoms with Gasteiger partial charge in [0.2, 0.25) is 0 Å². The van der Waals surface area contributed by atoms with Crippen molar-refractivity contribution in [1.29, 1.82) is 0 Å². The molecule has 0 spiro atoms. The molecule has 29 heavy (non-hydrogen) atoms. The van der Waals surface area contributed by atoms with Crippen molar-refractivity contribution in [2.45, 2.75) is 5.50 Å². The van der Waals surface area contributed by atoms with E-state index < -0.39 is 23.9 Å². The zero-order chi connectivity index (χ0) is 21.0. The van der Waals surface area contributed by atoms with Crippen LogP contribution < -0.4 is 20.1 Å². The molecule has 10 heteroatoms. The zero-order valence-corrected chi connectivity index (χ0v) is 17.5. The number of halogens is 2. The molecule has 0 aromatic heterocycles. The normalized spacial score (nSPS) is 17.1. The monoisotopic (exact) mass is 482 g/mol. The zero-order valence-electron chi connectivity index (χ0n) is 15.1. The van der Waals surface area contributed by atoms with Gasteiger partial charge in [-0.05, 0) is 51.8 Å². The van der Waals surface area contributed by atoms with Crippen molar-refractivity contribution in [2.75, 3.05) is 19.0 Å². The SMILES string of the molecule is COc1cc(/C=C2\SC(Nc3ccccc3F)NC2=O)cc(Br)c1OCC(=O)O. The maximum Gasteiger partial charge on any atom is 0.341 e. The summed E-state index contributed by atoms with van der Waals surface area (Å²) in [6.45, 7) is -0.517. The molecular formula is C19H16BrFN2O5S. The lowest BCUT2D eigenvalue weighted by molar-refractivity contribution is -0.139. The van der Waals surface area contributed by atoms with Gasteiger partial charge >= 0.3 is 5.97 Å². The summed E-state index contributed by atoms with van der Waals surface area (Å²) in [4.78, 5) is 23.4. The number of rotatable bonds is 7. The van der Waals surface area contributed by atoms with E-state index in [2.05, 4.69) is 26.6 Å². The molecule has 2 aromatic carbocycles. The van der Waals surface area contributed by atoms with Gasteiger partial charge in [-0.3, -0.25) is 4.79 Å². The summed E-state index contributed by atoms with van der Waals surface area (Å²) < 4.78 is 24.8. The third-order valence-corrected chi connectivity index (χ3v) is 5.40. The Labute approximate surface area is 178 Å². The standard InChI is InChI=1S/C19H16BrFN2O5S/c1-27-14-7-10(6-11(20)17(14)28-9-16(24)25)8-15-18(26)23-19(29-15)22-13-5-3-2-4-12(13)21/h2-8,19,22H,9H2,1H3,(H,23,26)(H,24,25)/b15-8-. The average molecular weight is 483 g/mol. The van der Waals surface area contributed by atoms with Crippen LogP contribution in [0, 0.1) is 5.82 Å². The summed E-state index contributed by atoms with van der Waals surface area (Å²) in [6.07, 6.45) is 1.65. The van der Waals surface area contributed by atoms with Gasteiger partial charge in [0.1, 0.15) is 5.82 Å². The molecular weight excluding hydrogens is 467 g/mol. The molecule has 0 saturated carbocycles. The Morgan fingerprint density at radius 2 is 2.17 bits per heavy atom. The van der Waals surface area contributed by atoms with E-state index in [0.29, 0.717) is 20.7 Å². The second-order valence-corrected chi connectivity index (χ2v) is 7.82. The number of carbonyl (C=O) groups excluding carboxylic acids is 1. The van der Waals surface area contributed by atoms with E-state index in [0.717, 1.165) is 0 Å². The van der Waals surface area contributed by atoms with Crippen molar-refractivity contribution in [3.05, 3.63) is 57.2 Å². The number of nitrogens with one attached hydrogen (secondary N) is 2. The lowest BCUT2D eigenvalue weighted by Gasteiger charge is -2.13. The second kappa shape index (κ2) is 9.19. The first-order valence-corrected chi connectivity index (χ1v) is 9.97. The van der Waals surface area contributed by atoms with Gasteiger partial charge in [0, 0.05) is 0 Å². The number of amides is 1. The molecule has 0 radical (unpaired) electrons. The molecule has 1 fully saturated rings. The van der Waals surface area contributed by atoms with E-state index in [1.807, 2.05) is 0 Å². The Balaban J connectivity index is 1.79. The van der Waals surface area contributed by atoms with Crippen LogP contribution in [0.2, 0.25) is 0 Å². The maximum atomic E-state index is 13.8. The van der Waals surface area contributed by atoms with Crippen molar-refractivity contribution >= 4 is 51.3 Å². The van der Waals surface area contributed by atoms with E-state index in [1.165, 1.54) is 24.9 Å². The molecule has 3 N–H and O–H groups in total. The summed E-state index contributed by atoms with van der Waals surface area (Å²) in [6, 6.07) is 9.50. The fourth-order valence-electron chi connectivity index (χ4n) is 2.53. The Hall–Kier alpha value is -2.72. The van der Waals surface area contributed by atoms with Crippen LogP contribution in [0.3, 0.4) is 0 Å². The van der Waals surface area contributed by atoms with Gasteiger partial charge in [0.25, 0.3) is 5.91 Å². The van der Waals surface area contributed by atoms with Gasteiger partial charge < -0.3 is 25.2 Å². The number of methoxy groups -OCH3 is 1. The molecule has 1 aliphatic heterocycles. The summed E-state index contributed by atoms with van der Waals surface area (Å²) in [5.41, 5.74) is 0.408. The van der Waals surface area contributed by atoms with Crippen LogP contribution in [0.25, 0.3) is 6.08 Å². The number of anilines is 1. The number of hydrogen-bond acceptors (Lipinski definition) is 6. The first kappa shape index (κ1) is 21.0. The number of benzene rings is 2. The smallest absolute Gasteiger partial charge is 0.341 e. The summed E-state index contributed by atoms with van der Waals surface area (Å²) in [7, 11) is 1.43. The van der Waals surface area contributed by atoms with Crippen LogP contribution >= 0.6 is 27.7 Å². The van der Waals surface area contributed by atoms with Gasteiger partial charge in [-0.25, -0.2) is 9.18 Å². The highest BCUT2D eigenvalue weighted by Crippen LogP contribution is 2.38. The van der Waals surface area contributed by atoms with Crippen LogP contribution in [-0.4, -0.2) is 36.2 Å². The molecule has 1 atom stereocenters. The number of ether oxygens (including phenoxy) is 2. The first-order valence-electron chi connectivity index (χ1n) is 8.30. The maximum absolute atomic E-state index is 13.8. The van der Waals surface area contributed by atoms with E-state index >= 15 is 0 Å². The number of carboxylic acid groups (broad SMARTS) is 1. The molecule has 7 nitrogen and oxygen atoms in total. The van der Waals surface area contributed by atoms with Crippen LogP contribution in [-0.2, 0) is 9.59 Å². The van der Waals surface area contributed by atoms with E-state index in [9.17, 15) is 14.0 Å². The molecule has 152 valence electrons. The molecule has 1 amide bonds. The number of carbonyl (C=O) groups is 2. The van der Waals surface area contributed by atoms with Crippen LogP contribution in [0.5, 0.6) is 11.5 Å². The predicted molar refractivity (Wildman–Crippen MR) is 111 cm³/mol. The van der Waals surface area contributed by atoms with Crippen LogP contribution in [0.4, 0.5) is 10.1 Å². The molecule has 2 aromatic rings. The Kier molecular flexibility index (Phi) is 6.65. The minimum Gasteiger partial charge on any atom is -0.493 e. The highest BCUT2D eigenvalue weighted by molar-refractivity contribution is 9.10. The molecule has 3 rings (SSSR count). The number of aliphatic carboxylic acids is 1. The van der Waals surface area contributed by atoms with Gasteiger partial charge in [-0.1, -0.05) is 23.9 Å². The quantitative estimate of drug-likeness (QED) is 0.518. The van der Waals surface area contributed by atoms with Crippen molar-refractivity contribution in [2.24, 2.45) is 0 Å². The molecule has 1 heterocycles. The van der Waals surface area contributed by atoms with Crippen molar-refractivity contribution in [3.63, 3.8) is 0 Å². The summed E-state index contributed by atoms with van der Waals surface area (Å²) in [5.74, 6) is -1.26. The van der Waals surface area contributed by atoms with Crippen molar-refractivity contribution < 1.29 is 28.6 Å². The molecule has 0 bridgehead atoms. The van der Waals surface area contributed by atoms with E-state index in [4.69, 9.17) is 14.6 Å². The number of carboxylic acids is 1. The predicted octanol–water partition coefficient (Wildman–Crippen LogP) is 3.66. The van der Waals surface area contributed by atoms with Crippen LogP contribution in [0.1, 0.15) is 5.56 Å². The topological polar surface area (TPSA) is 96.9 Å². The summed E-state index contributed by atoms with van der Waals surface area (Å²) in [5, 5.41) is 14.4. The van der Waals surface area contributed by atoms with Gasteiger partial charge in [0.05, 0.1) is 22.2 Å². The molecule has 0 aliphatic carbocycles. The third kappa shape index (κ3) is 5.21. The Morgan fingerprint density at radius 1 is 1.41 bits per heavy atom. The van der Waals surface area contributed by atoms with Gasteiger partial charge in [0.15, 0.2) is 23.6 Å². The van der Waals surface area contributed by atoms with E-state index in [-0.39, 0.29) is 17.3 Å². The lowest BCUT2D eigenvalue weighted by atomic mass is 10.2. The lowest BCUT2D eigenvalue weighted by Crippen LogP contribution is -2.31. The minimum absolute atomic E-state index is 0.250. The summed E-state index contributed by atoms with van der Waals surface area (Å²) >= 11 is 4.54. The van der Waals surface area contributed by atoms with Crippen molar-refractivity contribution in [1.82, 2.24) is 5.32 Å². The number of hydrogen-bond donors (Lipinski definition) is 3. The highest BCUT2D eigenvalue weighted by Gasteiger charge is 2.28. The fourth-order valence-corrected chi connectivity index (χ4v) is 4.08. The number of thioether (sulfide) groups is 1. The first-order chi connectivity index (χ1) is 13.9. The third-order valence-electron chi connectivity index (χ3n) is 3.78. The average Bonchev–Trinajstić information content (AvgIpc) is 3.01. The fraction of sp³-hybridized carbons (Fsp3) is 0.158. The molecule has 1 saturated heterocycles. The Bertz CT molecular complexity index is 985. The minimum atomic E-state index is -1.11. The second-order valence-electron chi connectivity index (χ2n) is 5.82. The highest BCUT2D eigenvalue weighted by atomic mass is 79.9. The molecule has 1 unspecified atom stereocenters.